The molecule has 5 rings (SSSR count). The van der Waals surface area contributed by atoms with E-state index in [9.17, 15) is 8.42 Å². The first-order valence-electron chi connectivity index (χ1n) is 11.1. The zero-order valence-corrected chi connectivity index (χ0v) is 19.4. The number of nitrogens with zero attached hydrogens (tertiary/aromatic N) is 5. The summed E-state index contributed by atoms with van der Waals surface area (Å²) in [5.41, 5.74) is 1.32. The normalized spacial score (nSPS) is 23.9. The Balaban J connectivity index is 1.32. The number of hydrogen-bond acceptors (Lipinski definition) is 7. The van der Waals surface area contributed by atoms with Crippen LogP contribution in [0.5, 0.6) is 0 Å². The second-order valence-corrected chi connectivity index (χ2v) is 11.4. The molecule has 7 nitrogen and oxygen atoms in total. The molecule has 0 N–H and O–H groups in total. The minimum absolute atomic E-state index is 0.202. The number of anilines is 2. The van der Waals surface area contributed by atoms with E-state index in [1.807, 2.05) is 29.2 Å². The van der Waals surface area contributed by atoms with Crippen molar-refractivity contribution in [1.82, 2.24) is 9.88 Å². The molecule has 0 bridgehead atoms. The van der Waals surface area contributed by atoms with Gasteiger partial charge < -0.3 is 9.80 Å². The number of hydrogen-bond donors (Lipinski definition) is 0. The maximum atomic E-state index is 13.4. The monoisotopic (exact) mass is 471 g/mol. The first kappa shape index (κ1) is 21.5. The molecule has 0 saturated carbocycles. The van der Waals surface area contributed by atoms with Crippen molar-refractivity contribution in [3.05, 3.63) is 47.1 Å². The summed E-state index contributed by atoms with van der Waals surface area (Å²) in [5, 5.41) is 8.82. The van der Waals surface area contributed by atoms with Crippen molar-refractivity contribution >= 4 is 32.9 Å². The number of halogens is 1. The minimum atomic E-state index is -3.58. The average molecular weight is 472 g/mol. The van der Waals surface area contributed by atoms with E-state index in [-0.39, 0.29) is 4.90 Å². The zero-order valence-electron chi connectivity index (χ0n) is 17.8. The third kappa shape index (κ3) is 3.94. The second-order valence-electron chi connectivity index (χ2n) is 8.79. The molecule has 0 aliphatic carbocycles. The molecule has 0 unspecified atom stereocenters. The van der Waals surface area contributed by atoms with Crippen LogP contribution in [0, 0.1) is 11.3 Å². The van der Waals surface area contributed by atoms with Crippen LogP contribution in [-0.2, 0) is 9.84 Å². The van der Waals surface area contributed by atoms with Crippen LogP contribution in [0.4, 0.5) is 11.5 Å². The summed E-state index contributed by atoms with van der Waals surface area (Å²) in [7, 11) is -3.58. The van der Waals surface area contributed by atoms with Crippen molar-refractivity contribution in [2.75, 3.05) is 49.1 Å². The topological polar surface area (TPSA) is 80.5 Å². The Morgan fingerprint density at radius 3 is 2.72 bits per heavy atom. The lowest BCUT2D eigenvalue weighted by atomic mass is 10.1. The van der Waals surface area contributed by atoms with Crippen LogP contribution in [0.1, 0.15) is 25.0 Å². The lowest BCUT2D eigenvalue weighted by Crippen LogP contribution is -2.50. The Labute approximate surface area is 194 Å². The fourth-order valence-electron chi connectivity index (χ4n) is 5.17. The molecule has 9 heteroatoms. The molecule has 32 heavy (non-hydrogen) atoms. The molecule has 1 aromatic heterocycles. The van der Waals surface area contributed by atoms with E-state index in [2.05, 4.69) is 14.8 Å². The number of benzene rings is 1. The standard InChI is InChI=1S/C23H26ClN5O2S/c24-21-13-18(28-12-11-27-9-2-4-19(27)15-28)6-7-22(21)32(30,31)20-8-10-29(16-20)23-5-1-3-17(14-25)26-23/h1,3,5-7,13,19-20H,2,4,8-12,15-16H2/t19-,20-/m0/s1. The van der Waals surface area contributed by atoms with E-state index in [1.165, 1.54) is 19.4 Å². The van der Waals surface area contributed by atoms with Gasteiger partial charge in [0.2, 0.25) is 0 Å². The van der Waals surface area contributed by atoms with E-state index in [0.717, 1.165) is 25.3 Å². The Hall–Kier alpha value is -2.34. The number of fused-ring (bicyclic) bond motifs is 1. The van der Waals surface area contributed by atoms with Crippen molar-refractivity contribution in [2.24, 2.45) is 0 Å². The Morgan fingerprint density at radius 2 is 1.91 bits per heavy atom. The molecule has 168 valence electrons. The van der Waals surface area contributed by atoms with Gasteiger partial charge in [-0.05, 0) is 56.1 Å². The quantitative estimate of drug-likeness (QED) is 0.678. The first-order chi connectivity index (χ1) is 15.5. The molecule has 4 heterocycles. The fraction of sp³-hybridized carbons (Fsp3) is 0.478. The molecule has 0 radical (unpaired) electrons. The Bertz CT molecular complexity index is 1170. The van der Waals surface area contributed by atoms with Gasteiger partial charge in [0.05, 0.1) is 15.2 Å². The predicted molar refractivity (Wildman–Crippen MR) is 125 cm³/mol. The lowest BCUT2D eigenvalue weighted by Gasteiger charge is -2.39. The summed E-state index contributed by atoms with van der Waals surface area (Å²) >= 11 is 6.54. The molecule has 3 fully saturated rings. The number of piperazine rings is 1. The van der Waals surface area contributed by atoms with Gasteiger partial charge in [0.25, 0.3) is 0 Å². The van der Waals surface area contributed by atoms with Crippen LogP contribution in [-0.4, -0.2) is 68.9 Å². The molecular weight excluding hydrogens is 446 g/mol. The van der Waals surface area contributed by atoms with Crippen LogP contribution in [0.15, 0.2) is 41.3 Å². The zero-order chi connectivity index (χ0) is 22.3. The summed E-state index contributed by atoms with van der Waals surface area (Å²) in [4.78, 5) is 11.3. The van der Waals surface area contributed by atoms with Crippen LogP contribution < -0.4 is 9.80 Å². The van der Waals surface area contributed by atoms with Gasteiger partial charge in [-0.25, -0.2) is 13.4 Å². The molecule has 3 aliphatic heterocycles. The van der Waals surface area contributed by atoms with Gasteiger partial charge in [-0.2, -0.15) is 5.26 Å². The molecule has 2 aromatic rings. The van der Waals surface area contributed by atoms with Gasteiger partial charge in [-0.1, -0.05) is 17.7 Å². The van der Waals surface area contributed by atoms with E-state index >= 15 is 0 Å². The highest BCUT2D eigenvalue weighted by Crippen LogP contribution is 2.34. The van der Waals surface area contributed by atoms with Crippen molar-refractivity contribution in [3.63, 3.8) is 0 Å². The van der Waals surface area contributed by atoms with E-state index in [1.54, 1.807) is 18.2 Å². The summed E-state index contributed by atoms with van der Waals surface area (Å²) in [5.74, 6) is 0.634. The van der Waals surface area contributed by atoms with Crippen LogP contribution in [0.2, 0.25) is 5.02 Å². The molecule has 0 amide bonds. The van der Waals surface area contributed by atoms with Crippen LogP contribution in [0.3, 0.4) is 0 Å². The average Bonchev–Trinajstić information content (AvgIpc) is 3.48. The summed E-state index contributed by atoms with van der Waals surface area (Å²) in [6, 6.07) is 13.2. The first-order valence-corrected chi connectivity index (χ1v) is 13.0. The lowest BCUT2D eigenvalue weighted by molar-refractivity contribution is 0.231. The number of nitriles is 1. The molecule has 3 aliphatic rings. The fourth-order valence-corrected chi connectivity index (χ4v) is 7.41. The minimum Gasteiger partial charge on any atom is -0.369 e. The molecule has 3 saturated heterocycles. The third-order valence-corrected chi connectivity index (χ3v) is 9.59. The largest absolute Gasteiger partial charge is 0.369 e. The van der Waals surface area contributed by atoms with Crippen LogP contribution >= 0.6 is 11.6 Å². The van der Waals surface area contributed by atoms with Gasteiger partial charge in [0.15, 0.2) is 9.84 Å². The van der Waals surface area contributed by atoms with Crippen molar-refractivity contribution < 1.29 is 8.42 Å². The highest BCUT2D eigenvalue weighted by atomic mass is 35.5. The predicted octanol–water partition coefficient (Wildman–Crippen LogP) is 2.94. The molecule has 2 atom stereocenters. The van der Waals surface area contributed by atoms with Crippen molar-refractivity contribution in [3.8, 4) is 6.07 Å². The van der Waals surface area contributed by atoms with Gasteiger partial charge in [0, 0.05) is 44.5 Å². The number of aromatic nitrogens is 1. The third-order valence-electron chi connectivity index (χ3n) is 6.93. The summed E-state index contributed by atoms with van der Waals surface area (Å²) < 4.78 is 26.8. The Morgan fingerprint density at radius 1 is 1.03 bits per heavy atom. The highest BCUT2D eigenvalue weighted by Gasteiger charge is 2.36. The maximum absolute atomic E-state index is 13.4. The molecular formula is C23H26ClN5O2S. The summed E-state index contributed by atoms with van der Waals surface area (Å²) in [6.07, 6.45) is 2.98. The number of pyridine rings is 1. The second kappa shape index (κ2) is 8.54. The van der Waals surface area contributed by atoms with Gasteiger partial charge >= 0.3 is 0 Å². The maximum Gasteiger partial charge on any atom is 0.184 e. The number of sulfone groups is 1. The van der Waals surface area contributed by atoms with Gasteiger partial charge in [-0.3, -0.25) is 4.90 Å². The van der Waals surface area contributed by atoms with Gasteiger partial charge in [-0.15, -0.1) is 0 Å². The van der Waals surface area contributed by atoms with E-state index in [0.29, 0.717) is 42.1 Å². The smallest absolute Gasteiger partial charge is 0.184 e. The number of rotatable bonds is 4. The highest BCUT2D eigenvalue weighted by molar-refractivity contribution is 7.92. The van der Waals surface area contributed by atoms with Gasteiger partial charge in [0.1, 0.15) is 17.6 Å². The Kier molecular flexibility index (Phi) is 5.74. The van der Waals surface area contributed by atoms with E-state index in [4.69, 9.17) is 16.9 Å². The SMILES string of the molecule is N#Cc1cccc(N2CC[C@H](S(=O)(=O)c3ccc(N4CCN5CCC[C@H]5C4)cc3Cl)C2)n1. The van der Waals surface area contributed by atoms with Crippen molar-refractivity contribution in [1.29, 1.82) is 5.26 Å². The van der Waals surface area contributed by atoms with Crippen LogP contribution in [0.25, 0.3) is 0 Å². The molecule has 0 spiro atoms. The molecule has 1 aromatic carbocycles. The summed E-state index contributed by atoms with van der Waals surface area (Å²) in [6.45, 7) is 5.05. The van der Waals surface area contributed by atoms with Crippen molar-refractivity contribution in [2.45, 2.75) is 35.4 Å². The van der Waals surface area contributed by atoms with E-state index < -0.39 is 15.1 Å².